The molecule has 104 valence electrons. The van der Waals surface area contributed by atoms with Crippen molar-refractivity contribution in [2.75, 3.05) is 0 Å². The lowest BCUT2D eigenvalue weighted by Gasteiger charge is -2.26. The molecule has 1 aromatic carbocycles. The van der Waals surface area contributed by atoms with Crippen molar-refractivity contribution >= 4 is 5.91 Å². The Morgan fingerprint density at radius 1 is 1.35 bits per heavy atom. The standard InChI is InChI=1S/C16H18N2O2/c1-10-15(11(2)20-18-10)16(19)17-14-9-5-7-12-6-3-4-8-13(12)14/h3-4,6,8,14H,5,7,9H2,1-2H3,(H,17,19)/t14-/m0/s1. The Hall–Kier alpha value is -2.10. The Balaban J connectivity index is 1.84. The zero-order valence-electron chi connectivity index (χ0n) is 11.8. The third-order valence-corrected chi connectivity index (χ3v) is 3.94. The molecule has 1 aromatic heterocycles. The predicted molar refractivity (Wildman–Crippen MR) is 75.6 cm³/mol. The molecule has 1 aliphatic carbocycles. The average Bonchev–Trinajstić information content (AvgIpc) is 2.78. The van der Waals surface area contributed by atoms with Gasteiger partial charge in [0.25, 0.3) is 5.91 Å². The fourth-order valence-electron chi connectivity index (χ4n) is 2.94. The quantitative estimate of drug-likeness (QED) is 0.912. The number of amides is 1. The molecule has 3 rings (SSSR count). The molecule has 0 spiro atoms. The number of fused-ring (bicyclic) bond motifs is 1. The number of benzene rings is 1. The second-order valence-electron chi connectivity index (χ2n) is 5.32. The summed E-state index contributed by atoms with van der Waals surface area (Å²) in [7, 11) is 0. The van der Waals surface area contributed by atoms with E-state index in [-0.39, 0.29) is 11.9 Å². The van der Waals surface area contributed by atoms with Gasteiger partial charge in [0, 0.05) is 0 Å². The molecule has 0 saturated heterocycles. The molecule has 4 nitrogen and oxygen atoms in total. The fourth-order valence-corrected chi connectivity index (χ4v) is 2.94. The fraction of sp³-hybridized carbons (Fsp3) is 0.375. The summed E-state index contributed by atoms with van der Waals surface area (Å²) < 4.78 is 5.06. The van der Waals surface area contributed by atoms with Crippen LogP contribution in [-0.4, -0.2) is 11.1 Å². The molecule has 1 heterocycles. The summed E-state index contributed by atoms with van der Waals surface area (Å²) in [5.41, 5.74) is 3.78. The van der Waals surface area contributed by atoms with Crippen LogP contribution in [0, 0.1) is 13.8 Å². The van der Waals surface area contributed by atoms with Crippen molar-refractivity contribution in [2.24, 2.45) is 0 Å². The zero-order valence-corrected chi connectivity index (χ0v) is 11.8. The second-order valence-corrected chi connectivity index (χ2v) is 5.32. The third-order valence-electron chi connectivity index (χ3n) is 3.94. The first kappa shape index (κ1) is 12.9. The van der Waals surface area contributed by atoms with Crippen LogP contribution >= 0.6 is 0 Å². The highest BCUT2D eigenvalue weighted by Crippen LogP contribution is 2.29. The van der Waals surface area contributed by atoms with Gasteiger partial charge in [0.05, 0.1) is 11.7 Å². The van der Waals surface area contributed by atoms with Crippen LogP contribution in [0.1, 0.15) is 51.8 Å². The Kier molecular flexibility index (Phi) is 3.30. The molecule has 1 atom stereocenters. The minimum atomic E-state index is -0.0945. The first-order valence-electron chi connectivity index (χ1n) is 6.98. The number of carbonyl (C=O) groups excluding carboxylic acids is 1. The largest absolute Gasteiger partial charge is 0.361 e. The Labute approximate surface area is 118 Å². The number of aryl methyl sites for hydroxylation is 3. The summed E-state index contributed by atoms with van der Waals surface area (Å²) in [6, 6.07) is 8.41. The Morgan fingerprint density at radius 2 is 2.15 bits per heavy atom. The molecule has 0 saturated carbocycles. The van der Waals surface area contributed by atoms with Gasteiger partial charge in [0.2, 0.25) is 0 Å². The lowest BCUT2D eigenvalue weighted by molar-refractivity contribution is 0.0930. The summed E-state index contributed by atoms with van der Waals surface area (Å²) in [5, 5.41) is 6.96. The minimum absolute atomic E-state index is 0.0844. The molecule has 1 aliphatic rings. The maximum Gasteiger partial charge on any atom is 0.257 e. The summed E-state index contributed by atoms with van der Waals surface area (Å²) >= 11 is 0. The van der Waals surface area contributed by atoms with Crippen molar-refractivity contribution in [1.82, 2.24) is 10.5 Å². The molecule has 0 radical (unpaired) electrons. The van der Waals surface area contributed by atoms with E-state index in [0.717, 1.165) is 19.3 Å². The van der Waals surface area contributed by atoms with Crippen molar-refractivity contribution in [2.45, 2.75) is 39.2 Å². The van der Waals surface area contributed by atoms with Crippen molar-refractivity contribution in [3.8, 4) is 0 Å². The third kappa shape index (κ3) is 2.22. The van der Waals surface area contributed by atoms with Gasteiger partial charge in [-0.1, -0.05) is 29.4 Å². The molecular formula is C16H18N2O2. The summed E-state index contributed by atoms with van der Waals surface area (Å²) in [4.78, 5) is 12.4. The molecule has 0 aliphatic heterocycles. The molecule has 0 unspecified atom stereocenters. The Bertz CT molecular complexity index is 626. The highest BCUT2D eigenvalue weighted by molar-refractivity contribution is 5.96. The number of hydrogen-bond acceptors (Lipinski definition) is 3. The average molecular weight is 270 g/mol. The van der Waals surface area contributed by atoms with Gasteiger partial charge in [-0.05, 0) is 44.2 Å². The van der Waals surface area contributed by atoms with Crippen molar-refractivity contribution in [3.63, 3.8) is 0 Å². The van der Waals surface area contributed by atoms with Gasteiger partial charge in [-0.25, -0.2) is 0 Å². The van der Waals surface area contributed by atoms with Crippen LogP contribution in [0.25, 0.3) is 0 Å². The van der Waals surface area contributed by atoms with E-state index in [4.69, 9.17) is 4.52 Å². The summed E-state index contributed by atoms with van der Waals surface area (Å²) in [6.07, 6.45) is 3.17. The highest BCUT2D eigenvalue weighted by Gasteiger charge is 2.24. The van der Waals surface area contributed by atoms with Crippen LogP contribution in [0.4, 0.5) is 0 Å². The van der Waals surface area contributed by atoms with Crippen LogP contribution in [0.2, 0.25) is 0 Å². The Morgan fingerprint density at radius 3 is 2.90 bits per heavy atom. The SMILES string of the molecule is Cc1noc(C)c1C(=O)N[C@H]1CCCc2ccccc21. The zero-order chi connectivity index (χ0) is 14.1. The lowest BCUT2D eigenvalue weighted by Crippen LogP contribution is -2.31. The van der Waals surface area contributed by atoms with Crippen molar-refractivity contribution < 1.29 is 9.32 Å². The van der Waals surface area contributed by atoms with Crippen LogP contribution in [0.15, 0.2) is 28.8 Å². The number of nitrogens with zero attached hydrogens (tertiary/aromatic N) is 1. The molecule has 0 fully saturated rings. The molecule has 0 bridgehead atoms. The van der Waals surface area contributed by atoms with E-state index in [0.29, 0.717) is 17.0 Å². The maximum atomic E-state index is 12.4. The van der Waals surface area contributed by atoms with E-state index >= 15 is 0 Å². The van der Waals surface area contributed by atoms with Gasteiger partial charge in [0.1, 0.15) is 11.3 Å². The molecule has 1 N–H and O–H groups in total. The highest BCUT2D eigenvalue weighted by atomic mass is 16.5. The first-order valence-corrected chi connectivity index (χ1v) is 6.98. The first-order chi connectivity index (χ1) is 9.66. The summed E-state index contributed by atoms with van der Waals surface area (Å²) in [5.74, 6) is 0.479. The van der Waals surface area contributed by atoms with E-state index in [9.17, 15) is 4.79 Å². The smallest absolute Gasteiger partial charge is 0.257 e. The molecular weight excluding hydrogens is 252 g/mol. The lowest BCUT2D eigenvalue weighted by atomic mass is 9.87. The molecule has 1 amide bonds. The second kappa shape index (κ2) is 5.12. The van der Waals surface area contributed by atoms with E-state index in [1.807, 2.05) is 6.07 Å². The van der Waals surface area contributed by atoms with Gasteiger partial charge in [0.15, 0.2) is 0 Å². The number of aromatic nitrogens is 1. The van der Waals surface area contributed by atoms with E-state index in [2.05, 4.69) is 28.7 Å². The van der Waals surface area contributed by atoms with E-state index in [1.165, 1.54) is 11.1 Å². The van der Waals surface area contributed by atoms with Crippen molar-refractivity contribution in [1.29, 1.82) is 0 Å². The number of carbonyl (C=O) groups is 1. The van der Waals surface area contributed by atoms with Crippen LogP contribution < -0.4 is 5.32 Å². The van der Waals surface area contributed by atoms with Gasteiger partial charge in [-0.2, -0.15) is 0 Å². The number of hydrogen-bond donors (Lipinski definition) is 1. The van der Waals surface area contributed by atoms with Crippen LogP contribution in [0.5, 0.6) is 0 Å². The van der Waals surface area contributed by atoms with Gasteiger partial charge >= 0.3 is 0 Å². The molecule has 4 heteroatoms. The molecule has 2 aromatic rings. The van der Waals surface area contributed by atoms with E-state index in [1.54, 1.807) is 13.8 Å². The van der Waals surface area contributed by atoms with Gasteiger partial charge in [-0.3, -0.25) is 4.79 Å². The van der Waals surface area contributed by atoms with Gasteiger partial charge in [-0.15, -0.1) is 0 Å². The topological polar surface area (TPSA) is 55.1 Å². The molecule has 20 heavy (non-hydrogen) atoms. The maximum absolute atomic E-state index is 12.4. The van der Waals surface area contributed by atoms with Gasteiger partial charge < -0.3 is 9.84 Å². The van der Waals surface area contributed by atoms with Crippen LogP contribution in [0.3, 0.4) is 0 Å². The normalized spacial score (nSPS) is 17.6. The number of nitrogens with one attached hydrogen (secondary N) is 1. The van der Waals surface area contributed by atoms with Crippen molar-refractivity contribution in [3.05, 3.63) is 52.4 Å². The number of rotatable bonds is 2. The summed E-state index contributed by atoms with van der Waals surface area (Å²) in [6.45, 7) is 3.56. The van der Waals surface area contributed by atoms with Crippen LogP contribution in [-0.2, 0) is 6.42 Å². The monoisotopic (exact) mass is 270 g/mol. The van der Waals surface area contributed by atoms with E-state index < -0.39 is 0 Å². The predicted octanol–water partition coefficient (Wildman–Crippen LogP) is 3.10. The minimum Gasteiger partial charge on any atom is -0.361 e.